The van der Waals surface area contributed by atoms with E-state index >= 15 is 4.79 Å². The fraction of sp³-hybridized carbons (Fsp3) is 0. The Labute approximate surface area is 508 Å². The minimum atomic E-state index is -5.32. The molecule has 450 valence electrons. The number of carboxylic acids is 2. The summed E-state index contributed by atoms with van der Waals surface area (Å²) in [6, 6.07) is 26.9. The maximum absolute atomic E-state index is 15.3. The van der Waals surface area contributed by atoms with Crippen molar-refractivity contribution in [1.82, 2.24) is 19.9 Å². The van der Waals surface area contributed by atoms with Gasteiger partial charge in [-0.3, -0.25) is 23.5 Å². The first-order valence-corrected chi connectivity index (χ1v) is 29.4. The molecule has 0 radical (unpaired) electrons. The number of rotatable bonds is 24. The summed E-state index contributed by atoms with van der Waals surface area (Å²) in [6.07, 6.45) is 0. The number of fused-ring (bicyclic) bond motifs is 2. The van der Waals surface area contributed by atoms with Crippen LogP contribution in [0.1, 0.15) is 52.6 Å². The van der Waals surface area contributed by atoms with Crippen LogP contribution in [0.2, 0.25) is 5.28 Å². The van der Waals surface area contributed by atoms with Gasteiger partial charge in [0.15, 0.2) is 17.3 Å². The lowest BCUT2D eigenvalue weighted by atomic mass is 9.80. The summed E-state index contributed by atoms with van der Waals surface area (Å²) in [5.41, 5.74) is -3.63. The van der Waals surface area contributed by atoms with Crippen molar-refractivity contribution in [3.63, 3.8) is 0 Å². The molecule has 0 aliphatic heterocycles. The van der Waals surface area contributed by atoms with Gasteiger partial charge in [-0.2, -0.15) is 31.8 Å². The molecule has 36 heteroatoms. The zero-order chi connectivity index (χ0) is 62.8. The number of anilines is 6. The van der Waals surface area contributed by atoms with E-state index in [0.29, 0.717) is 35.2 Å². The smallest absolute Gasteiger partial charge is 0.335 e. The van der Waals surface area contributed by atoms with Crippen molar-refractivity contribution in [3.05, 3.63) is 176 Å². The van der Waals surface area contributed by atoms with Gasteiger partial charge in [0.2, 0.25) is 17.2 Å². The molecule has 0 spiro atoms. The Morgan fingerprint density at radius 3 is 1.85 bits per heavy atom. The van der Waals surface area contributed by atoms with Crippen LogP contribution in [-0.2, 0) is 48.4 Å². The third-order valence-electron chi connectivity index (χ3n) is 12.5. The second-order valence-electron chi connectivity index (χ2n) is 17.8. The largest absolute Gasteiger partial charge is 0.478 e. The highest BCUT2D eigenvalue weighted by Crippen LogP contribution is 2.50. The summed E-state index contributed by atoms with van der Waals surface area (Å²) in [7, 11) is -9.91. The number of hydrogen-bond donors (Lipinski definition) is 11. The monoisotopic (exact) mass is 1320 g/mol. The van der Waals surface area contributed by atoms with Gasteiger partial charge in [-0.1, -0.05) is 69.7 Å². The summed E-state index contributed by atoms with van der Waals surface area (Å²) in [4.78, 5) is 82.1. The number of H-pyrrole nitrogens is 1. The Bertz CT molecular complexity index is 4630. The zero-order valence-corrected chi connectivity index (χ0v) is 47.9. The second kappa shape index (κ2) is 25.8. The standard InChI is InChI=1S/C52H32ClN7O23S5/c53-50-58-51(54-27-15-25(48(64)65)14-26(16-27)49(66)67)60-52(59-50)56-33-19-32(37(85-82-79-69)21-39(33)88(74,75)76)55-34-20-36(77-35-13-10-23(18-38(35)86-83-80-70)22-8-11-29(12-9-22)87(71,72)73)44-42-40(30-6-1-2-7-31(30)46(62)41(34)42)43(47(63)57-44)45(61)24-4-3-5-28(17-24)84-81-78-68/h1-21,55,68-70H,(H,57,63)(H,64,65)(H,66,67)(H,71,72,73)(H,74,75,76)(H2,54,56,58,59,60). The van der Waals surface area contributed by atoms with Crippen LogP contribution in [0, 0.1) is 0 Å². The SMILES string of the molecule is O=C(O)c1cc(Nc2nc(Cl)nc(Nc3cc(Nc4cc(Oc5ccc(-c6ccc(S(=O)(=O)O)cc6)cc5SOOO)c5[nH]c(=O)c(C(=O)c6cccc(SOOO)c6)c6c5c4C(=O)c4ccccc4-6)c(SOOO)cc3S(=O)(=O)O)n2)cc(C(=O)O)c1. The number of pyridine rings is 1. The van der Waals surface area contributed by atoms with Crippen molar-refractivity contribution in [1.29, 1.82) is 0 Å². The number of carbonyl (C=O) groups excluding carboxylic acids is 2. The normalized spacial score (nSPS) is 12.0. The molecule has 1 aliphatic rings. The maximum atomic E-state index is 15.3. The molecule has 0 fully saturated rings. The molecule has 7 aromatic carbocycles. The highest BCUT2D eigenvalue weighted by Gasteiger charge is 2.36. The average Bonchev–Trinajstić information content (AvgIpc) is 0.765. The van der Waals surface area contributed by atoms with Gasteiger partial charge in [-0.15, -0.1) is 13.0 Å². The fourth-order valence-corrected chi connectivity index (χ4v) is 11.7. The Morgan fingerprint density at radius 2 is 1.20 bits per heavy atom. The van der Waals surface area contributed by atoms with Crippen molar-refractivity contribution in [2.75, 3.05) is 16.0 Å². The molecule has 11 N–H and O–H groups in total. The molecule has 88 heavy (non-hydrogen) atoms. The number of nitrogens with zero attached hydrogens (tertiary/aromatic N) is 3. The summed E-state index contributed by atoms with van der Waals surface area (Å²) in [5.74, 6) is -6.10. The van der Waals surface area contributed by atoms with Gasteiger partial charge in [0, 0.05) is 38.7 Å². The van der Waals surface area contributed by atoms with E-state index in [2.05, 4.69) is 55.3 Å². The van der Waals surface area contributed by atoms with Gasteiger partial charge >= 0.3 is 11.9 Å². The Kier molecular flexibility index (Phi) is 18.2. The van der Waals surface area contributed by atoms with Crippen molar-refractivity contribution in [3.8, 4) is 33.8 Å². The molecular weight excluding hydrogens is 1290 g/mol. The lowest BCUT2D eigenvalue weighted by Crippen LogP contribution is -2.24. The summed E-state index contributed by atoms with van der Waals surface area (Å²) in [5, 5.41) is 65.8. The van der Waals surface area contributed by atoms with Crippen molar-refractivity contribution in [2.24, 2.45) is 0 Å². The van der Waals surface area contributed by atoms with E-state index < -0.39 is 98.6 Å². The van der Waals surface area contributed by atoms with Gasteiger partial charge in [0.1, 0.15) is 10.6 Å². The molecule has 2 aromatic heterocycles. The number of nitrogens with one attached hydrogen (secondary N) is 4. The van der Waals surface area contributed by atoms with Gasteiger partial charge in [0.25, 0.3) is 25.8 Å². The quantitative estimate of drug-likeness (QED) is 0.00880. The van der Waals surface area contributed by atoms with Crippen LogP contribution in [0.4, 0.5) is 34.6 Å². The number of aromatic nitrogens is 4. The minimum Gasteiger partial charge on any atom is -0.478 e. The highest BCUT2D eigenvalue weighted by molar-refractivity contribution is 7.95. The van der Waals surface area contributed by atoms with Gasteiger partial charge in [0.05, 0.1) is 95.6 Å². The first-order chi connectivity index (χ1) is 42.0. The molecule has 10 rings (SSSR count). The predicted octanol–water partition coefficient (Wildman–Crippen LogP) is 10.7. The molecule has 0 saturated carbocycles. The van der Waals surface area contributed by atoms with Gasteiger partial charge in [-0.25, -0.2) is 25.4 Å². The average molecular weight is 1320 g/mol. The van der Waals surface area contributed by atoms with Crippen molar-refractivity contribution >= 4 is 137 Å². The zero-order valence-electron chi connectivity index (χ0n) is 43.0. The molecule has 2 heterocycles. The van der Waals surface area contributed by atoms with Crippen LogP contribution < -0.4 is 26.2 Å². The Hall–Kier alpha value is -8.96. The van der Waals surface area contributed by atoms with E-state index in [1.165, 1.54) is 84.9 Å². The molecule has 9 aromatic rings. The van der Waals surface area contributed by atoms with Crippen LogP contribution >= 0.6 is 47.7 Å². The molecule has 1 aliphatic carbocycles. The molecule has 0 atom stereocenters. The molecule has 0 unspecified atom stereocenters. The number of carboxylic acid groups (broad SMARTS) is 2. The number of ether oxygens (including phenoxy) is 1. The molecule has 0 saturated heterocycles. The number of carbonyl (C=O) groups is 4. The summed E-state index contributed by atoms with van der Waals surface area (Å²) < 4.78 is 91.2. The maximum Gasteiger partial charge on any atom is 0.335 e. The van der Waals surface area contributed by atoms with Crippen LogP contribution in [-0.4, -0.2) is 95.4 Å². The van der Waals surface area contributed by atoms with Crippen LogP contribution in [0.5, 0.6) is 11.5 Å². The molecule has 30 nitrogen and oxygen atoms in total. The lowest BCUT2D eigenvalue weighted by molar-refractivity contribution is -0.432. The highest BCUT2D eigenvalue weighted by atomic mass is 35.5. The number of ketones is 2. The minimum absolute atomic E-state index is 0.0142. The van der Waals surface area contributed by atoms with E-state index in [1.807, 2.05) is 0 Å². The van der Waals surface area contributed by atoms with E-state index in [4.69, 9.17) is 30.3 Å². The van der Waals surface area contributed by atoms with E-state index in [1.54, 1.807) is 0 Å². The van der Waals surface area contributed by atoms with Gasteiger partial charge < -0.3 is 35.9 Å². The first-order valence-electron chi connectivity index (χ1n) is 23.9. The number of aromatic amines is 1. The van der Waals surface area contributed by atoms with Crippen LogP contribution in [0.3, 0.4) is 0 Å². The van der Waals surface area contributed by atoms with Gasteiger partial charge in [-0.05, 0) is 95.0 Å². The van der Waals surface area contributed by atoms with E-state index in [-0.39, 0.29) is 94.0 Å². The van der Waals surface area contributed by atoms with Crippen LogP contribution in [0.25, 0.3) is 33.2 Å². The topological polar surface area (TPSA) is 450 Å². The number of benzene rings is 7. The van der Waals surface area contributed by atoms with Crippen molar-refractivity contribution < 1.29 is 104 Å². The van der Waals surface area contributed by atoms with Crippen LogP contribution in [0.15, 0.2) is 157 Å². The number of hydrogen-bond acceptors (Lipinski definition) is 28. The number of halogens is 1. The third kappa shape index (κ3) is 13.3. The molecule has 0 bridgehead atoms. The predicted molar refractivity (Wildman–Crippen MR) is 308 cm³/mol. The summed E-state index contributed by atoms with van der Waals surface area (Å²) in [6.45, 7) is 0. The fourth-order valence-electron chi connectivity index (χ4n) is 8.99. The summed E-state index contributed by atoms with van der Waals surface area (Å²) >= 11 is 7.34. The first kappa shape index (κ1) is 62.1. The third-order valence-corrected chi connectivity index (χ3v) is 16.3. The second-order valence-corrected chi connectivity index (χ2v) is 23.2. The molecule has 0 amide bonds. The Balaban J connectivity index is 1.19. The van der Waals surface area contributed by atoms with E-state index in [0.717, 1.165) is 42.5 Å². The van der Waals surface area contributed by atoms with Crippen molar-refractivity contribution in [2.45, 2.75) is 24.5 Å². The Morgan fingerprint density at radius 1 is 0.568 bits per heavy atom. The lowest BCUT2D eigenvalue weighted by Gasteiger charge is -2.26. The number of aromatic carboxylic acids is 2. The van der Waals surface area contributed by atoms with E-state index in [9.17, 15) is 65.8 Å². The molecular formula is C52H32ClN7O23S5.